The number of ether oxygens (including phenoxy) is 1. The number of hydrogen-bond acceptors (Lipinski definition) is 5. The van der Waals surface area contributed by atoms with Crippen LogP contribution in [-0.4, -0.2) is 30.9 Å². The van der Waals surface area contributed by atoms with Crippen molar-refractivity contribution in [3.63, 3.8) is 0 Å². The van der Waals surface area contributed by atoms with E-state index in [1.807, 2.05) is 24.3 Å². The number of alkyl halides is 3. The van der Waals surface area contributed by atoms with E-state index < -0.39 is 6.36 Å². The Labute approximate surface area is 184 Å². The van der Waals surface area contributed by atoms with E-state index in [-0.39, 0.29) is 16.9 Å². The lowest BCUT2D eigenvalue weighted by atomic mass is 10.1. The maximum atomic E-state index is 12.7. The smallest absolute Gasteiger partial charge is 0.406 e. The molecule has 2 aromatic carbocycles. The molecular weight excluding hydrogens is 435 g/mol. The highest BCUT2D eigenvalue weighted by Gasteiger charge is 2.31. The molecule has 10 heteroatoms. The summed E-state index contributed by atoms with van der Waals surface area (Å²) in [6.07, 6.45) is 1.64. The number of pyridine rings is 1. The van der Waals surface area contributed by atoms with Crippen LogP contribution >= 0.6 is 0 Å². The van der Waals surface area contributed by atoms with Gasteiger partial charge in [-0.2, -0.15) is 10.2 Å². The fourth-order valence-electron chi connectivity index (χ4n) is 3.49. The SMILES string of the molecule is O=c1ccn(-c2ccc(OC(F)(F)F)cc2)nc1-c1ccnn1-c1cccc2cnccc12. The monoisotopic (exact) mass is 449 g/mol. The number of aromatic nitrogens is 5. The molecule has 0 N–H and O–H groups in total. The summed E-state index contributed by atoms with van der Waals surface area (Å²) in [4.78, 5) is 16.8. The fourth-order valence-corrected chi connectivity index (χ4v) is 3.49. The van der Waals surface area contributed by atoms with Crippen LogP contribution in [0.1, 0.15) is 0 Å². The summed E-state index contributed by atoms with van der Waals surface area (Å²) in [5.41, 5.74) is 1.48. The third-order valence-electron chi connectivity index (χ3n) is 4.91. The molecule has 5 rings (SSSR count). The first-order valence-electron chi connectivity index (χ1n) is 9.73. The molecule has 164 valence electrons. The molecule has 0 saturated carbocycles. The van der Waals surface area contributed by atoms with Gasteiger partial charge in [0, 0.05) is 35.4 Å². The second kappa shape index (κ2) is 7.90. The van der Waals surface area contributed by atoms with Crippen LogP contribution in [0.15, 0.2) is 90.2 Å². The summed E-state index contributed by atoms with van der Waals surface area (Å²) in [5.74, 6) is -0.351. The molecule has 0 unspecified atom stereocenters. The van der Waals surface area contributed by atoms with Crippen LogP contribution in [0.4, 0.5) is 13.2 Å². The zero-order valence-electron chi connectivity index (χ0n) is 16.8. The van der Waals surface area contributed by atoms with Crippen molar-refractivity contribution in [3.8, 4) is 28.5 Å². The van der Waals surface area contributed by atoms with Gasteiger partial charge in [-0.05, 0) is 42.5 Å². The van der Waals surface area contributed by atoms with Gasteiger partial charge in [0.05, 0.1) is 23.3 Å². The highest BCUT2D eigenvalue weighted by atomic mass is 19.4. The highest BCUT2D eigenvalue weighted by Crippen LogP contribution is 2.26. The van der Waals surface area contributed by atoms with Gasteiger partial charge in [0.15, 0.2) is 5.69 Å². The van der Waals surface area contributed by atoms with Crippen LogP contribution in [0, 0.1) is 0 Å². The van der Waals surface area contributed by atoms with Gasteiger partial charge in [-0.25, -0.2) is 9.36 Å². The molecule has 3 aromatic heterocycles. The molecule has 5 aromatic rings. The van der Waals surface area contributed by atoms with E-state index in [1.54, 1.807) is 29.3 Å². The van der Waals surface area contributed by atoms with E-state index in [4.69, 9.17) is 0 Å². The summed E-state index contributed by atoms with van der Waals surface area (Å²) >= 11 is 0. The Hall–Kier alpha value is -4.47. The van der Waals surface area contributed by atoms with E-state index in [0.717, 1.165) is 16.5 Å². The third-order valence-corrected chi connectivity index (χ3v) is 4.91. The molecule has 0 radical (unpaired) electrons. The molecular formula is C23H14F3N5O2. The van der Waals surface area contributed by atoms with Crippen LogP contribution in [0.25, 0.3) is 33.5 Å². The minimum Gasteiger partial charge on any atom is -0.406 e. The molecule has 0 aliphatic carbocycles. The number of hydrogen-bond donors (Lipinski definition) is 0. The molecule has 0 saturated heterocycles. The first-order valence-corrected chi connectivity index (χ1v) is 9.73. The van der Waals surface area contributed by atoms with Crippen molar-refractivity contribution in [2.45, 2.75) is 6.36 Å². The summed E-state index contributed by atoms with van der Waals surface area (Å²) in [5, 5.41) is 10.6. The van der Waals surface area contributed by atoms with Gasteiger partial charge in [0.1, 0.15) is 5.75 Å². The summed E-state index contributed by atoms with van der Waals surface area (Å²) in [7, 11) is 0. The Morgan fingerprint density at radius 2 is 1.73 bits per heavy atom. The lowest BCUT2D eigenvalue weighted by Gasteiger charge is -2.12. The van der Waals surface area contributed by atoms with Gasteiger partial charge in [0.25, 0.3) is 0 Å². The van der Waals surface area contributed by atoms with Gasteiger partial charge >= 0.3 is 6.36 Å². The molecule has 0 atom stereocenters. The zero-order valence-corrected chi connectivity index (χ0v) is 16.8. The lowest BCUT2D eigenvalue weighted by molar-refractivity contribution is -0.274. The quantitative estimate of drug-likeness (QED) is 0.403. The molecule has 7 nitrogen and oxygen atoms in total. The average molecular weight is 449 g/mol. The van der Waals surface area contributed by atoms with E-state index in [1.165, 1.54) is 41.2 Å². The summed E-state index contributed by atoms with van der Waals surface area (Å²) < 4.78 is 44.1. The number of halogens is 3. The van der Waals surface area contributed by atoms with Crippen LogP contribution < -0.4 is 10.2 Å². The number of fused-ring (bicyclic) bond motifs is 1. The molecule has 0 fully saturated rings. The predicted octanol–water partition coefficient (Wildman–Crippen LogP) is 4.53. The van der Waals surface area contributed by atoms with Gasteiger partial charge in [0.2, 0.25) is 5.43 Å². The van der Waals surface area contributed by atoms with Crippen molar-refractivity contribution in [1.29, 1.82) is 0 Å². The van der Waals surface area contributed by atoms with Gasteiger partial charge < -0.3 is 4.74 Å². The standard InChI is InChI=1S/C23H14F3N5O2/c24-23(25,26)33-17-6-4-16(5-7-17)30-13-10-21(32)22(29-30)20-9-12-28-31(20)19-3-1-2-15-14-27-11-8-18(15)19/h1-14H. The Morgan fingerprint density at radius 3 is 2.52 bits per heavy atom. The Balaban J connectivity index is 1.57. The van der Waals surface area contributed by atoms with Gasteiger partial charge in [-0.1, -0.05) is 12.1 Å². The van der Waals surface area contributed by atoms with Crippen molar-refractivity contribution < 1.29 is 17.9 Å². The van der Waals surface area contributed by atoms with Crippen LogP contribution in [0.5, 0.6) is 5.75 Å². The maximum absolute atomic E-state index is 12.7. The minimum atomic E-state index is -4.78. The normalized spacial score (nSPS) is 11.6. The van der Waals surface area contributed by atoms with Crippen molar-refractivity contribution >= 4 is 10.8 Å². The average Bonchev–Trinajstić information content (AvgIpc) is 3.28. The molecule has 3 heterocycles. The lowest BCUT2D eigenvalue weighted by Crippen LogP contribution is -2.17. The first kappa shape index (κ1) is 20.4. The Morgan fingerprint density at radius 1 is 0.909 bits per heavy atom. The van der Waals surface area contributed by atoms with Crippen molar-refractivity contribution in [3.05, 3.63) is 95.7 Å². The van der Waals surface area contributed by atoms with E-state index in [0.29, 0.717) is 11.4 Å². The van der Waals surface area contributed by atoms with E-state index in [9.17, 15) is 18.0 Å². The molecule has 0 aliphatic rings. The second-order valence-corrected chi connectivity index (χ2v) is 7.02. The predicted molar refractivity (Wildman–Crippen MR) is 114 cm³/mol. The van der Waals surface area contributed by atoms with Crippen molar-refractivity contribution in [2.75, 3.05) is 0 Å². The summed E-state index contributed by atoms with van der Waals surface area (Å²) in [6, 6.07) is 15.7. The minimum absolute atomic E-state index is 0.136. The Kier molecular flexibility index (Phi) is 4.89. The third kappa shape index (κ3) is 4.05. The second-order valence-electron chi connectivity index (χ2n) is 7.02. The van der Waals surface area contributed by atoms with E-state index in [2.05, 4.69) is 19.9 Å². The van der Waals surface area contributed by atoms with Crippen LogP contribution in [0.2, 0.25) is 0 Å². The van der Waals surface area contributed by atoms with Crippen LogP contribution in [0.3, 0.4) is 0 Å². The largest absolute Gasteiger partial charge is 0.573 e. The maximum Gasteiger partial charge on any atom is 0.573 e. The molecule has 0 bridgehead atoms. The van der Waals surface area contributed by atoms with Gasteiger partial charge in [-0.15, -0.1) is 13.2 Å². The zero-order chi connectivity index (χ0) is 23.0. The van der Waals surface area contributed by atoms with Gasteiger partial charge in [-0.3, -0.25) is 9.78 Å². The molecule has 33 heavy (non-hydrogen) atoms. The van der Waals surface area contributed by atoms with Crippen LogP contribution in [-0.2, 0) is 0 Å². The first-order chi connectivity index (χ1) is 15.9. The summed E-state index contributed by atoms with van der Waals surface area (Å²) in [6.45, 7) is 0. The number of benzene rings is 2. The Bertz CT molecular complexity index is 1500. The molecule has 0 amide bonds. The highest BCUT2D eigenvalue weighted by molar-refractivity contribution is 5.89. The van der Waals surface area contributed by atoms with Crippen molar-refractivity contribution in [1.82, 2.24) is 24.5 Å². The number of nitrogens with zero attached hydrogens (tertiary/aromatic N) is 5. The fraction of sp³-hybridized carbons (Fsp3) is 0.0435. The molecule has 0 aliphatic heterocycles. The topological polar surface area (TPSA) is 74.8 Å². The van der Waals surface area contributed by atoms with Crippen molar-refractivity contribution in [2.24, 2.45) is 0 Å². The number of rotatable bonds is 4. The molecule has 0 spiro atoms. The van der Waals surface area contributed by atoms with E-state index >= 15 is 0 Å².